The molecule has 0 radical (unpaired) electrons. The molecule has 4 rings (SSSR count). The van der Waals surface area contributed by atoms with Gasteiger partial charge in [0, 0.05) is 16.2 Å². The Morgan fingerprint density at radius 2 is 2.03 bits per heavy atom. The summed E-state index contributed by atoms with van der Waals surface area (Å²) >= 11 is 0. The van der Waals surface area contributed by atoms with Crippen molar-refractivity contribution >= 4 is 33.6 Å². The summed E-state index contributed by atoms with van der Waals surface area (Å²) in [5, 5.41) is 5.67. The van der Waals surface area contributed by atoms with Crippen LogP contribution in [0, 0.1) is 6.92 Å². The lowest BCUT2D eigenvalue weighted by Crippen LogP contribution is -2.18. The molecule has 4 aromatic rings. The SMILES string of the molecule is CCOC(=O)c1cnn(-c2cc(C)c3[nH]c(=C=O)c4cccc2c34)c1C(F)(F)F. The smallest absolute Gasteiger partial charge is 0.434 e. The summed E-state index contributed by atoms with van der Waals surface area (Å²) in [5.74, 6) is 0.722. The Bertz CT molecular complexity index is 1340. The van der Waals surface area contributed by atoms with Crippen LogP contribution in [0.5, 0.6) is 0 Å². The van der Waals surface area contributed by atoms with Gasteiger partial charge in [-0.1, -0.05) is 18.2 Å². The minimum absolute atomic E-state index is 0.0616. The molecule has 0 unspecified atom stereocenters. The molecule has 0 bridgehead atoms. The maximum absolute atomic E-state index is 13.9. The van der Waals surface area contributed by atoms with Crippen LogP contribution in [0.3, 0.4) is 0 Å². The van der Waals surface area contributed by atoms with Gasteiger partial charge in [-0.05, 0) is 25.5 Å². The molecule has 0 saturated carbocycles. The van der Waals surface area contributed by atoms with E-state index >= 15 is 0 Å². The molecule has 0 fully saturated rings. The molecule has 2 heterocycles. The number of halogens is 3. The third kappa shape index (κ3) is 2.78. The Hall–Kier alpha value is -3.58. The predicted molar refractivity (Wildman–Crippen MR) is 98.6 cm³/mol. The highest BCUT2D eigenvalue weighted by Crippen LogP contribution is 2.37. The minimum atomic E-state index is -4.85. The van der Waals surface area contributed by atoms with Gasteiger partial charge in [-0.2, -0.15) is 18.3 Å². The van der Waals surface area contributed by atoms with Gasteiger partial charge in [0.25, 0.3) is 0 Å². The quantitative estimate of drug-likeness (QED) is 0.535. The molecular formula is C20H14F3N3O3. The van der Waals surface area contributed by atoms with Gasteiger partial charge in [-0.15, -0.1) is 0 Å². The van der Waals surface area contributed by atoms with Crippen LogP contribution in [0.15, 0.2) is 30.5 Å². The minimum Gasteiger partial charge on any atom is -0.462 e. The third-order valence-electron chi connectivity index (χ3n) is 4.72. The fourth-order valence-electron chi connectivity index (χ4n) is 3.57. The highest BCUT2D eigenvalue weighted by atomic mass is 19.4. The Labute approximate surface area is 161 Å². The first-order valence-electron chi connectivity index (χ1n) is 8.69. The third-order valence-corrected chi connectivity index (χ3v) is 4.72. The van der Waals surface area contributed by atoms with Gasteiger partial charge >= 0.3 is 12.1 Å². The number of carbonyl (C=O) groups excluding carboxylic acids is 2. The van der Waals surface area contributed by atoms with Crippen molar-refractivity contribution in [3.05, 3.63) is 52.6 Å². The summed E-state index contributed by atoms with van der Waals surface area (Å²) in [6, 6.07) is 6.48. The lowest BCUT2D eigenvalue weighted by Gasteiger charge is -2.15. The van der Waals surface area contributed by atoms with E-state index in [1.165, 1.54) is 13.0 Å². The highest BCUT2D eigenvalue weighted by Gasteiger charge is 2.41. The zero-order valence-electron chi connectivity index (χ0n) is 15.3. The summed E-state index contributed by atoms with van der Waals surface area (Å²) in [7, 11) is 0. The van der Waals surface area contributed by atoms with E-state index < -0.39 is 23.4 Å². The summed E-state index contributed by atoms with van der Waals surface area (Å²) in [6.07, 6.45) is -3.99. The fourth-order valence-corrected chi connectivity index (χ4v) is 3.57. The van der Waals surface area contributed by atoms with E-state index in [-0.39, 0.29) is 17.6 Å². The first-order chi connectivity index (χ1) is 13.8. The van der Waals surface area contributed by atoms with Crippen LogP contribution in [0.2, 0.25) is 0 Å². The number of hydrogen-bond acceptors (Lipinski definition) is 4. The van der Waals surface area contributed by atoms with Crippen molar-refractivity contribution in [2.45, 2.75) is 20.0 Å². The molecule has 148 valence electrons. The number of nitrogens with zero attached hydrogens (tertiary/aromatic N) is 2. The van der Waals surface area contributed by atoms with Crippen molar-refractivity contribution in [3.8, 4) is 5.69 Å². The van der Waals surface area contributed by atoms with Crippen molar-refractivity contribution in [1.82, 2.24) is 14.8 Å². The Morgan fingerprint density at radius 3 is 2.69 bits per heavy atom. The number of alkyl halides is 3. The lowest BCUT2D eigenvalue weighted by atomic mass is 10.0. The van der Waals surface area contributed by atoms with Gasteiger partial charge in [-0.25, -0.2) is 14.3 Å². The monoisotopic (exact) mass is 401 g/mol. The molecule has 9 heteroatoms. The largest absolute Gasteiger partial charge is 0.462 e. The maximum atomic E-state index is 13.9. The van der Waals surface area contributed by atoms with Gasteiger partial charge in [0.1, 0.15) is 10.9 Å². The standard InChI is InChI=1S/C20H14F3N3O3/c1-3-29-19(28)13-8-24-26(18(13)20(21,22)23)15-7-10(2)17-16-11(14(9-27)25-17)5-4-6-12(15)16/h4-8,25H,3H2,1-2H3. The number of aryl methyl sites for hydroxylation is 1. The molecular weight excluding hydrogens is 387 g/mol. The molecule has 0 aliphatic rings. The van der Waals surface area contributed by atoms with E-state index in [1.54, 1.807) is 25.1 Å². The summed E-state index contributed by atoms with van der Waals surface area (Å²) in [4.78, 5) is 26.3. The molecule has 0 saturated heterocycles. The van der Waals surface area contributed by atoms with E-state index in [1.807, 2.05) is 5.94 Å². The van der Waals surface area contributed by atoms with Crippen molar-refractivity contribution in [3.63, 3.8) is 0 Å². The van der Waals surface area contributed by atoms with Gasteiger partial charge in [-0.3, -0.25) is 0 Å². The van der Waals surface area contributed by atoms with Crippen molar-refractivity contribution in [2.75, 3.05) is 6.61 Å². The molecule has 29 heavy (non-hydrogen) atoms. The molecule has 0 aliphatic heterocycles. The van der Waals surface area contributed by atoms with Crippen LogP contribution < -0.4 is 5.35 Å². The van der Waals surface area contributed by atoms with Crippen molar-refractivity contribution < 1.29 is 27.5 Å². The van der Waals surface area contributed by atoms with Crippen LogP contribution in [-0.4, -0.2) is 33.3 Å². The number of nitrogens with one attached hydrogen (secondary N) is 1. The zero-order valence-corrected chi connectivity index (χ0v) is 15.3. The van der Waals surface area contributed by atoms with Gasteiger partial charge in [0.05, 0.1) is 24.0 Å². The maximum Gasteiger partial charge on any atom is 0.434 e. The summed E-state index contributed by atoms with van der Waals surface area (Å²) in [6.45, 7) is 3.15. The first-order valence-corrected chi connectivity index (χ1v) is 8.69. The molecule has 0 spiro atoms. The van der Waals surface area contributed by atoms with Crippen LogP contribution in [0.4, 0.5) is 13.2 Å². The predicted octanol–water partition coefficient (Wildman–Crippen LogP) is 3.23. The van der Waals surface area contributed by atoms with Crippen molar-refractivity contribution in [1.29, 1.82) is 0 Å². The number of ether oxygens (including phenoxy) is 1. The van der Waals surface area contributed by atoms with E-state index in [0.717, 1.165) is 6.20 Å². The number of benzene rings is 2. The molecule has 0 amide bonds. The summed E-state index contributed by atoms with van der Waals surface area (Å²) < 4.78 is 47.1. The second-order valence-corrected chi connectivity index (χ2v) is 6.45. The number of hydrogen-bond donors (Lipinski definition) is 1. The van der Waals surface area contributed by atoms with Crippen LogP contribution in [-0.2, 0) is 15.7 Å². The van der Waals surface area contributed by atoms with E-state index in [0.29, 0.717) is 31.9 Å². The van der Waals surface area contributed by atoms with E-state index in [2.05, 4.69) is 10.1 Å². The topological polar surface area (TPSA) is 77.0 Å². The van der Waals surface area contributed by atoms with E-state index in [4.69, 9.17) is 4.74 Å². The van der Waals surface area contributed by atoms with Crippen LogP contribution in [0.25, 0.3) is 27.4 Å². The number of esters is 1. The lowest BCUT2D eigenvalue weighted by molar-refractivity contribution is -0.143. The Morgan fingerprint density at radius 1 is 1.31 bits per heavy atom. The van der Waals surface area contributed by atoms with Gasteiger partial charge < -0.3 is 9.72 Å². The highest BCUT2D eigenvalue weighted by molar-refractivity contribution is 6.14. The normalized spacial score (nSPS) is 11.9. The summed E-state index contributed by atoms with van der Waals surface area (Å²) in [5.41, 5.74) is -0.490. The second-order valence-electron chi connectivity index (χ2n) is 6.45. The van der Waals surface area contributed by atoms with Crippen LogP contribution >= 0.6 is 0 Å². The number of H-pyrrole nitrogens is 1. The molecule has 2 aromatic carbocycles. The Balaban J connectivity index is 2.10. The average molecular weight is 401 g/mol. The Kier molecular flexibility index (Phi) is 4.20. The van der Waals surface area contributed by atoms with Gasteiger partial charge in [0.2, 0.25) is 0 Å². The number of aromatic nitrogens is 3. The molecule has 2 aromatic heterocycles. The fraction of sp³-hybridized carbons (Fsp3) is 0.200. The number of rotatable bonds is 3. The van der Waals surface area contributed by atoms with Crippen LogP contribution in [0.1, 0.15) is 28.5 Å². The molecule has 0 atom stereocenters. The first kappa shape index (κ1) is 18.8. The zero-order chi connectivity index (χ0) is 20.9. The van der Waals surface area contributed by atoms with Crippen molar-refractivity contribution in [2.24, 2.45) is 0 Å². The molecule has 0 aliphatic carbocycles. The molecule has 1 N–H and O–H groups in total. The number of carbonyl (C=O) groups is 1. The molecule has 6 nitrogen and oxygen atoms in total. The average Bonchev–Trinajstić information content (AvgIpc) is 3.27. The second kappa shape index (κ2) is 6.49. The van der Waals surface area contributed by atoms with E-state index in [9.17, 15) is 22.8 Å². The van der Waals surface area contributed by atoms with Gasteiger partial charge in [0.15, 0.2) is 11.6 Å². The number of aromatic amines is 1.